The molecule has 12 heteroatoms. The third kappa shape index (κ3) is 5.82. The molecule has 0 radical (unpaired) electrons. The molecule has 0 aliphatic carbocycles. The second-order valence-electron chi connectivity index (χ2n) is 11.4. The Morgan fingerprint density at radius 3 is 2.74 bits per heavy atom. The summed E-state index contributed by atoms with van der Waals surface area (Å²) in [6.45, 7) is 5.14. The molecule has 0 spiro atoms. The fraction of sp³-hybridized carbons (Fsp3) is 0.400. The summed E-state index contributed by atoms with van der Waals surface area (Å²) >= 11 is 0. The van der Waals surface area contributed by atoms with Crippen LogP contribution in [0.25, 0.3) is 11.0 Å². The number of nitrogens with one attached hydrogen (secondary N) is 2. The number of hydrogen-bond donors (Lipinski definition) is 2. The highest BCUT2D eigenvalue weighted by atomic mass is 19.4. The number of fused-ring (bicyclic) bond motifs is 2. The number of carbonyl (C=O) groups is 1. The first-order valence-corrected chi connectivity index (χ1v) is 14.0. The highest BCUT2D eigenvalue weighted by Gasteiger charge is 2.34. The van der Waals surface area contributed by atoms with Crippen molar-refractivity contribution in [3.05, 3.63) is 76.4 Å². The number of aromatic nitrogens is 4. The van der Waals surface area contributed by atoms with Crippen LogP contribution in [0.4, 0.5) is 24.5 Å². The molecular formula is C30H33F3N8O. The Hall–Kier alpha value is -4.03. The van der Waals surface area contributed by atoms with Crippen LogP contribution in [0.2, 0.25) is 0 Å². The van der Waals surface area contributed by atoms with Gasteiger partial charge in [0, 0.05) is 67.3 Å². The van der Waals surface area contributed by atoms with E-state index >= 15 is 0 Å². The maximum absolute atomic E-state index is 13.7. The molecule has 1 atom stereocenters. The topological polar surface area (TPSA) is 93.3 Å². The number of aromatic amines is 1. The number of likely N-dealkylation sites (tertiary alicyclic amines) is 1. The number of carbonyl (C=O) groups excluding carboxylic acids is 1. The van der Waals surface area contributed by atoms with Crippen molar-refractivity contribution in [2.24, 2.45) is 0 Å². The SMILES string of the molecule is Cc1n[nH]c2ncc(CN3CCc4ccc(C(=O)Nc5cc(CN6CC[C@@H](N(C)C)C6)nc(C(F)(F)F)c5)cc43)cc12. The lowest BCUT2D eigenvalue weighted by Crippen LogP contribution is -2.31. The zero-order chi connectivity index (χ0) is 29.6. The van der Waals surface area contributed by atoms with Gasteiger partial charge in [-0.25, -0.2) is 9.97 Å². The minimum absolute atomic E-state index is 0.0768. The summed E-state index contributed by atoms with van der Waals surface area (Å²) in [4.78, 5) is 28.1. The van der Waals surface area contributed by atoms with E-state index in [4.69, 9.17) is 0 Å². The Balaban J connectivity index is 1.20. The van der Waals surface area contributed by atoms with E-state index in [2.05, 4.69) is 46.2 Å². The summed E-state index contributed by atoms with van der Waals surface area (Å²) < 4.78 is 41.2. The predicted molar refractivity (Wildman–Crippen MR) is 154 cm³/mol. The second kappa shape index (κ2) is 11.0. The molecule has 1 amide bonds. The van der Waals surface area contributed by atoms with Crippen molar-refractivity contribution >= 4 is 28.3 Å². The Morgan fingerprint density at radius 2 is 1.98 bits per heavy atom. The lowest BCUT2D eigenvalue weighted by Gasteiger charge is -2.21. The Bertz CT molecular complexity index is 1630. The van der Waals surface area contributed by atoms with E-state index in [9.17, 15) is 18.0 Å². The number of H-pyrrole nitrogens is 1. The number of aryl methyl sites for hydroxylation is 1. The van der Waals surface area contributed by atoms with Gasteiger partial charge in [-0.05, 0) is 75.3 Å². The fourth-order valence-electron chi connectivity index (χ4n) is 5.82. The van der Waals surface area contributed by atoms with Gasteiger partial charge in [-0.3, -0.25) is 14.8 Å². The first-order chi connectivity index (χ1) is 20.0. The normalized spacial score (nSPS) is 17.4. The highest BCUT2D eigenvalue weighted by molar-refractivity contribution is 6.05. The monoisotopic (exact) mass is 578 g/mol. The Kier molecular flexibility index (Phi) is 7.36. The van der Waals surface area contributed by atoms with Crippen molar-refractivity contribution in [2.45, 2.75) is 45.1 Å². The molecular weight excluding hydrogens is 545 g/mol. The number of nitrogens with zero attached hydrogens (tertiary/aromatic N) is 6. The van der Waals surface area contributed by atoms with Gasteiger partial charge in [0.05, 0.1) is 11.4 Å². The average Bonchev–Trinajstić information content (AvgIpc) is 3.67. The van der Waals surface area contributed by atoms with Gasteiger partial charge in [0.2, 0.25) is 0 Å². The van der Waals surface area contributed by atoms with E-state index in [0.717, 1.165) is 72.1 Å². The van der Waals surface area contributed by atoms with E-state index in [1.807, 2.05) is 39.3 Å². The van der Waals surface area contributed by atoms with E-state index in [0.29, 0.717) is 18.2 Å². The molecule has 0 unspecified atom stereocenters. The first kappa shape index (κ1) is 28.1. The van der Waals surface area contributed by atoms with Crippen molar-refractivity contribution in [3.8, 4) is 0 Å². The molecule has 5 heterocycles. The number of benzene rings is 1. The van der Waals surface area contributed by atoms with Crippen molar-refractivity contribution in [2.75, 3.05) is 43.9 Å². The van der Waals surface area contributed by atoms with Crippen LogP contribution in [0.1, 0.15) is 45.0 Å². The standard InChI is InChI=1S/C30H33F3N8O/c1-18-25-10-19(14-34-28(25)38-37-18)15-41-9-6-20-4-5-21(11-26(20)41)29(42)36-22-12-23(35-27(13-22)30(31,32)33)16-40-8-7-24(17-40)39(2)3/h4-5,10-14,24H,6-9,15-17H2,1-3H3,(H,34,37,38)(H,35,36,42)/t24-/m1/s1. The average molecular weight is 579 g/mol. The van der Waals surface area contributed by atoms with Crippen molar-refractivity contribution in [3.63, 3.8) is 0 Å². The number of hydrogen-bond acceptors (Lipinski definition) is 7. The summed E-state index contributed by atoms with van der Waals surface area (Å²) in [7, 11) is 4.00. The number of halogens is 3. The Morgan fingerprint density at radius 1 is 1.14 bits per heavy atom. The van der Waals surface area contributed by atoms with Gasteiger partial charge >= 0.3 is 6.18 Å². The van der Waals surface area contributed by atoms with E-state index in [1.54, 1.807) is 6.07 Å². The van der Waals surface area contributed by atoms with Gasteiger partial charge in [0.1, 0.15) is 5.69 Å². The van der Waals surface area contributed by atoms with E-state index in [-0.39, 0.29) is 17.9 Å². The van der Waals surface area contributed by atoms with Gasteiger partial charge in [0.15, 0.2) is 5.65 Å². The molecule has 0 saturated carbocycles. The fourth-order valence-corrected chi connectivity index (χ4v) is 5.82. The van der Waals surface area contributed by atoms with Crippen molar-refractivity contribution in [1.82, 2.24) is 30.0 Å². The molecule has 6 rings (SSSR count). The van der Waals surface area contributed by atoms with Crippen LogP contribution in [0.5, 0.6) is 0 Å². The summed E-state index contributed by atoms with van der Waals surface area (Å²) in [6.07, 6.45) is -1.03. The minimum Gasteiger partial charge on any atom is -0.367 e. The lowest BCUT2D eigenvalue weighted by atomic mass is 10.1. The summed E-state index contributed by atoms with van der Waals surface area (Å²) in [6, 6.07) is 10.3. The first-order valence-electron chi connectivity index (χ1n) is 14.0. The van der Waals surface area contributed by atoms with Crippen LogP contribution in [0, 0.1) is 6.92 Å². The molecule has 1 fully saturated rings. The summed E-state index contributed by atoms with van der Waals surface area (Å²) in [5.41, 5.74) is 4.40. The van der Waals surface area contributed by atoms with Crippen LogP contribution in [0.3, 0.4) is 0 Å². The number of alkyl halides is 3. The lowest BCUT2D eigenvalue weighted by molar-refractivity contribution is -0.141. The molecule has 1 saturated heterocycles. The zero-order valence-electron chi connectivity index (χ0n) is 23.8. The molecule has 9 nitrogen and oxygen atoms in total. The number of anilines is 2. The second-order valence-corrected chi connectivity index (χ2v) is 11.4. The van der Waals surface area contributed by atoms with Crippen LogP contribution < -0.4 is 10.2 Å². The highest BCUT2D eigenvalue weighted by Crippen LogP contribution is 2.33. The Labute approximate surface area is 241 Å². The number of rotatable bonds is 7. The van der Waals surface area contributed by atoms with Crippen LogP contribution in [-0.4, -0.2) is 75.6 Å². The van der Waals surface area contributed by atoms with Gasteiger partial charge in [0.25, 0.3) is 5.91 Å². The molecule has 4 aromatic rings. The number of pyridine rings is 2. The van der Waals surface area contributed by atoms with Crippen molar-refractivity contribution < 1.29 is 18.0 Å². The zero-order valence-corrected chi connectivity index (χ0v) is 23.8. The van der Waals surface area contributed by atoms with Gasteiger partial charge in [-0.2, -0.15) is 18.3 Å². The molecule has 1 aromatic carbocycles. The molecule has 2 aliphatic heterocycles. The molecule has 220 valence electrons. The van der Waals surface area contributed by atoms with Crippen LogP contribution in [-0.2, 0) is 25.7 Å². The molecule has 42 heavy (non-hydrogen) atoms. The van der Waals surface area contributed by atoms with E-state index < -0.39 is 17.8 Å². The quantitative estimate of drug-likeness (QED) is 0.330. The summed E-state index contributed by atoms with van der Waals surface area (Å²) in [5.74, 6) is -0.471. The van der Waals surface area contributed by atoms with Crippen LogP contribution in [0.15, 0.2) is 42.6 Å². The minimum atomic E-state index is -4.63. The smallest absolute Gasteiger partial charge is 0.367 e. The van der Waals surface area contributed by atoms with Gasteiger partial charge in [-0.15, -0.1) is 0 Å². The molecule has 2 N–H and O–H groups in total. The van der Waals surface area contributed by atoms with Crippen molar-refractivity contribution in [1.29, 1.82) is 0 Å². The van der Waals surface area contributed by atoms with Gasteiger partial charge in [-0.1, -0.05) is 6.07 Å². The third-order valence-corrected chi connectivity index (χ3v) is 8.17. The maximum Gasteiger partial charge on any atom is 0.433 e. The van der Waals surface area contributed by atoms with E-state index in [1.165, 1.54) is 6.07 Å². The van der Waals surface area contributed by atoms with Crippen LogP contribution >= 0.6 is 0 Å². The number of likely N-dealkylation sites (N-methyl/N-ethyl adjacent to an activating group) is 1. The molecule has 3 aromatic heterocycles. The number of amides is 1. The summed E-state index contributed by atoms with van der Waals surface area (Å²) in [5, 5.41) is 10.8. The third-order valence-electron chi connectivity index (χ3n) is 8.17. The maximum atomic E-state index is 13.7. The molecule has 2 aliphatic rings. The largest absolute Gasteiger partial charge is 0.433 e. The molecule has 0 bridgehead atoms. The van der Waals surface area contributed by atoms with Gasteiger partial charge < -0.3 is 15.1 Å². The predicted octanol–water partition coefficient (Wildman–Crippen LogP) is 4.63.